The minimum atomic E-state index is 0.608. The summed E-state index contributed by atoms with van der Waals surface area (Å²) < 4.78 is 1.20. The maximum atomic E-state index is 3.80. The van der Waals surface area contributed by atoms with Crippen LogP contribution < -0.4 is 5.32 Å². The predicted octanol–water partition coefficient (Wildman–Crippen LogP) is 5.30. The summed E-state index contributed by atoms with van der Waals surface area (Å²) in [5.41, 5.74) is 3.94. The molecule has 1 fully saturated rings. The first-order valence-electron chi connectivity index (χ1n) is 7.02. The van der Waals surface area contributed by atoms with Crippen molar-refractivity contribution >= 4 is 21.6 Å². The van der Waals surface area contributed by atoms with Crippen molar-refractivity contribution in [1.82, 2.24) is 0 Å². The summed E-state index contributed by atoms with van der Waals surface area (Å²) in [4.78, 5) is 0. The molecule has 100 valence electrons. The third-order valence-electron chi connectivity index (χ3n) is 4.29. The normalized spacial score (nSPS) is 28.2. The van der Waals surface area contributed by atoms with Gasteiger partial charge < -0.3 is 5.32 Å². The molecule has 2 atom stereocenters. The lowest BCUT2D eigenvalue weighted by molar-refractivity contribution is 0.268. The van der Waals surface area contributed by atoms with Crippen LogP contribution in [0.4, 0.5) is 5.69 Å². The quantitative estimate of drug-likeness (QED) is 0.781. The SMILES string of the molecule is Cc1cc(C)c(NC2C(C)CCCC2C)c(Br)c1. The molecule has 0 spiro atoms. The van der Waals surface area contributed by atoms with Gasteiger partial charge in [-0.3, -0.25) is 0 Å². The van der Waals surface area contributed by atoms with E-state index in [0.717, 1.165) is 11.8 Å². The molecule has 0 heterocycles. The van der Waals surface area contributed by atoms with Crippen molar-refractivity contribution in [2.75, 3.05) is 5.32 Å². The largest absolute Gasteiger partial charge is 0.381 e. The average Bonchev–Trinajstić information content (AvgIpc) is 2.26. The predicted molar refractivity (Wildman–Crippen MR) is 83.2 cm³/mol. The number of nitrogens with one attached hydrogen (secondary N) is 1. The zero-order valence-electron chi connectivity index (χ0n) is 11.9. The Morgan fingerprint density at radius 2 is 1.72 bits per heavy atom. The van der Waals surface area contributed by atoms with Crippen molar-refractivity contribution < 1.29 is 0 Å². The second kappa shape index (κ2) is 5.64. The summed E-state index contributed by atoms with van der Waals surface area (Å²) in [6.07, 6.45) is 4.09. The summed E-state index contributed by atoms with van der Waals surface area (Å²) in [5, 5.41) is 3.80. The van der Waals surface area contributed by atoms with Crippen molar-refractivity contribution in [2.45, 2.75) is 53.0 Å². The van der Waals surface area contributed by atoms with Gasteiger partial charge in [-0.2, -0.15) is 0 Å². The van der Waals surface area contributed by atoms with Gasteiger partial charge in [0, 0.05) is 10.5 Å². The Balaban J connectivity index is 2.23. The lowest BCUT2D eigenvalue weighted by Crippen LogP contribution is -2.37. The van der Waals surface area contributed by atoms with E-state index in [9.17, 15) is 0 Å². The molecule has 0 bridgehead atoms. The maximum Gasteiger partial charge on any atom is 0.0516 e. The molecule has 1 nitrogen and oxygen atoms in total. The number of anilines is 1. The van der Waals surface area contributed by atoms with E-state index in [1.54, 1.807) is 0 Å². The molecule has 1 aliphatic rings. The fraction of sp³-hybridized carbons (Fsp3) is 0.625. The third kappa shape index (κ3) is 2.90. The van der Waals surface area contributed by atoms with Gasteiger partial charge in [0.1, 0.15) is 0 Å². The molecule has 0 saturated heterocycles. The molecular weight excluding hydrogens is 286 g/mol. The fourth-order valence-electron chi connectivity index (χ4n) is 3.23. The molecule has 1 aliphatic carbocycles. The fourth-order valence-corrected chi connectivity index (χ4v) is 4.02. The molecule has 2 rings (SSSR count). The first kappa shape index (κ1) is 13.9. The van der Waals surface area contributed by atoms with Crippen LogP contribution in [0.25, 0.3) is 0 Å². The lowest BCUT2D eigenvalue weighted by atomic mass is 9.78. The monoisotopic (exact) mass is 309 g/mol. The molecule has 0 aromatic heterocycles. The number of hydrogen-bond acceptors (Lipinski definition) is 1. The van der Waals surface area contributed by atoms with Crippen LogP contribution in [0.2, 0.25) is 0 Å². The maximum absolute atomic E-state index is 3.80. The van der Waals surface area contributed by atoms with Crippen LogP contribution in [0.3, 0.4) is 0 Å². The molecule has 0 radical (unpaired) electrons. The minimum Gasteiger partial charge on any atom is -0.381 e. The van der Waals surface area contributed by atoms with E-state index in [4.69, 9.17) is 0 Å². The van der Waals surface area contributed by atoms with Gasteiger partial charge in [0.2, 0.25) is 0 Å². The topological polar surface area (TPSA) is 12.0 Å². The van der Waals surface area contributed by atoms with Gasteiger partial charge in [-0.25, -0.2) is 0 Å². The van der Waals surface area contributed by atoms with E-state index in [0.29, 0.717) is 6.04 Å². The second-order valence-corrected chi connectivity index (χ2v) is 6.85. The first-order valence-corrected chi connectivity index (χ1v) is 7.81. The van der Waals surface area contributed by atoms with Crippen molar-refractivity contribution in [3.8, 4) is 0 Å². The Kier molecular flexibility index (Phi) is 4.37. The van der Waals surface area contributed by atoms with Crippen molar-refractivity contribution in [1.29, 1.82) is 0 Å². The Morgan fingerprint density at radius 3 is 2.28 bits per heavy atom. The van der Waals surface area contributed by atoms with E-state index in [2.05, 4.69) is 61.1 Å². The van der Waals surface area contributed by atoms with Gasteiger partial charge >= 0.3 is 0 Å². The highest BCUT2D eigenvalue weighted by Crippen LogP contribution is 2.35. The number of benzene rings is 1. The Labute approximate surface area is 119 Å². The highest BCUT2D eigenvalue weighted by atomic mass is 79.9. The number of rotatable bonds is 2. The molecule has 2 unspecified atom stereocenters. The Morgan fingerprint density at radius 1 is 1.11 bits per heavy atom. The average molecular weight is 310 g/mol. The number of hydrogen-bond donors (Lipinski definition) is 1. The molecule has 1 saturated carbocycles. The third-order valence-corrected chi connectivity index (χ3v) is 4.91. The van der Waals surface area contributed by atoms with Crippen LogP contribution in [-0.4, -0.2) is 6.04 Å². The molecule has 2 heteroatoms. The van der Waals surface area contributed by atoms with Crippen LogP contribution in [-0.2, 0) is 0 Å². The van der Waals surface area contributed by atoms with E-state index < -0.39 is 0 Å². The van der Waals surface area contributed by atoms with Gasteiger partial charge in [-0.05, 0) is 71.6 Å². The summed E-state index contributed by atoms with van der Waals surface area (Å²) in [7, 11) is 0. The Hall–Kier alpha value is -0.500. The van der Waals surface area contributed by atoms with Crippen molar-refractivity contribution in [2.24, 2.45) is 11.8 Å². The summed E-state index contributed by atoms with van der Waals surface area (Å²) in [6.45, 7) is 9.10. The van der Waals surface area contributed by atoms with E-state index in [1.807, 2.05) is 0 Å². The zero-order chi connectivity index (χ0) is 13.3. The van der Waals surface area contributed by atoms with E-state index in [1.165, 1.54) is 40.5 Å². The standard InChI is InChI=1S/C16H24BrN/c1-10-8-13(4)16(14(17)9-10)18-15-11(2)6-5-7-12(15)3/h8-9,11-12,15,18H,5-7H2,1-4H3. The summed E-state index contributed by atoms with van der Waals surface area (Å²) in [6, 6.07) is 5.06. The molecule has 18 heavy (non-hydrogen) atoms. The molecule has 0 amide bonds. The molecule has 1 aromatic carbocycles. The van der Waals surface area contributed by atoms with Crippen molar-refractivity contribution in [3.63, 3.8) is 0 Å². The van der Waals surface area contributed by atoms with E-state index in [-0.39, 0.29) is 0 Å². The molecule has 1 N–H and O–H groups in total. The lowest BCUT2D eigenvalue weighted by Gasteiger charge is -2.36. The molecular formula is C16H24BrN. The highest BCUT2D eigenvalue weighted by Gasteiger charge is 2.28. The second-order valence-electron chi connectivity index (χ2n) is 5.99. The number of aryl methyl sites for hydroxylation is 2. The van der Waals surface area contributed by atoms with Gasteiger partial charge in [-0.1, -0.05) is 26.3 Å². The summed E-state index contributed by atoms with van der Waals surface area (Å²) in [5.74, 6) is 1.53. The van der Waals surface area contributed by atoms with Crippen molar-refractivity contribution in [3.05, 3.63) is 27.7 Å². The zero-order valence-corrected chi connectivity index (χ0v) is 13.5. The number of halogens is 1. The van der Waals surface area contributed by atoms with Crippen LogP contribution >= 0.6 is 15.9 Å². The van der Waals surface area contributed by atoms with Gasteiger partial charge in [-0.15, -0.1) is 0 Å². The minimum absolute atomic E-state index is 0.608. The van der Waals surface area contributed by atoms with Gasteiger partial charge in [0.25, 0.3) is 0 Å². The van der Waals surface area contributed by atoms with Crippen LogP contribution in [0.5, 0.6) is 0 Å². The molecule has 1 aromatic rings. The Bertz CT molecular complexity index is 394. The van der Waals surface area contributed by atoms with Crippen LogP contribution in [0, 0.1) is 25.7 Å². The highest BCUT2D eigenvalue weighted by molar-refractivity contribution is 9.10. The van der Waals surface area contributed by atoms with Crippen LogP contribution in [0.1, 0.15) is 44.2 Å². The molecule has 0 aliphatic heterocycles. The smallest absolute Gasteiger partial charge is 0.0516 e. The van der Waals surface area contributed by atoms with Gasteiger partial charge in [0.05, 0.1) is 5.69 Å². The first-order chi connectivity index (χ1) is 8.49. The van der Waals surface area contributed by atoms with Crippen LogP contribution in [0.15, 0.2) is 16.6 Å². The summed E-state index contributed by atoms with van der Waals surface area (Å²) >= 11 is 3.70. The van der Waals surface area contributed by atoms with Gasteiger partial charge in [0.15, 0.2) is 0 Å². The van der Waals surface area contributed by atoms with E-state index >= 15 is 0 Å².